The molecule has 0 radical (unpaired) electrons. The van der Waals surface area contributed by atoms with Gasteiger partial charge in [0.15, 0.2) is 6.61 Å². The zero-order valence-electron chi connectivity index (χ0n) is 11.6. The fraction of sp³-hybridized carbons (Fsp3) is 0.667. The van der Waals surface area contributed by atoms with Gasteiger partial charge < -0.3 is 19.7 Å². The number of hydrogen-bond acceptors (Lipinski definition) is 4. The molecule has 7 heteroatoms. The summed E-state index contributed by atoms with van der Waals surface area (Å²) in [4.78, 5) is 26.5. The number of nitrogens with zero attached hydrogens (tertiary/aromatic N) is 1. The third-order valence-electron chi connectivity index (χ3n) is 1.76. The standard InChI is InChI=1S/C12H19BrN2O4/c1-12(2,3)19-10(16)14-7-8-15(4)11(17)18-9-5-6-13/h7-9H2,1-4H3,(H,14,16). The molecule has 6 nitrogen and oxygen atoms in total. The molecule has 0 aromatic rings. The molecule has 0 aliphatic carbocycles. The summed E-state index contributed by atoms with van der Waals surface area (Å²) in [6, 6.07) is 0. The van der Waals surface area contributed by atoms with Crippen molar-refractivity contribution in [3.63, 3.8) is 0 Å². The average molecular weight is 335 g/mol. The predicted molar refractivity (Wildman–Crippen MR) is 74.9 cm³/mol. The molecule has 1 N–H and O–H groups in total. The van der Waals surface area contributed by atoms with Crippen LogP contribution >= 0.6 is 15.9 Å². The molecule has 19 heavy (non-hydrogen) atoms. The monoisotopic (exact) mass is 334 g/mol. The highest BCUT2D eigenvalue weighted by molar-refractivity contribution is 9.12. The van der Waals surface area contributed by atoms with Crippen molar-refractivity contribution >= 4 is 28.1 Å². The van der Waals surface area contributed by atoms with Crippen molar-refractivity contribution in [2.24, 2.45) is 0 Å². The molecule has 2 amide bonds. The van der Waals surface area contributed by atoms with Crippen LogP contribution in [0.25, 0.3) is 0 Å². The highest BCUT2D eigenvalue weighted by Gasteiger charge is 2.16. The van der Waals surface area contributed by atoms with E-state index in [0.29, 0.717) is 6.54 Å². The number of halogens is 1. The van der Waals surface area contributed by atoms with Gasteiger partial charge in [0.1, 0.15) is 5.60 Å². The minimum atomic E-state index is -0.538. The Morgan fingerprint density at radius 3 is 2.53 bits per heavy atom. The van der Waals surface area contributed by atoms with Crippen LogP contribution in [0.4, 0.5) is 9.59 Å². The zero-order valence-corrected chi connectivity index (χ0v) is 13.2. The molecule has 0 heterocycles. The molecule has 0 rings (SSSR count). The van der Waals surface area contributed by atoms with Crippen LogP contribution in [-0.2, 0) is 9.47 Å². The number of amides is 2. The molecule has 0 fully saturated rings. The van der Waals surface area contributed by atoms with E-state index in [9.17, 15) is 9.59 Å². The van der Waals surface area contributed by atoms with Crippen LogP contribution in [0.5, 0.6) is 0 Å². The first-order valence-corrected chi connectivity index (χ1v) is 6.49. The van der Waals surface area contributed by atoms with Gasteiger partial charge >= 0.3 is 12.2 Å². The highest BCUT2D eigenvalue weighted by Crippen LogP contribution is 2.06. The summed E-state index contributed by atoms with van der Waals surface area (Å²) in [6.07, 6.45) is -1.01. The van der Waals surface area contributed by atoms with E-state index < -0.39 is 17.8 Å². The van der Waals surface area contributed by atoms with Crippen molar-refractivity contribution in [3.8, 4) is 10.8 Å². The lowest BCUT2D eigenvalue weighted by atomic mass is 10.2. The summed E-state index contributed by atoms with van der Waals surface area (Å²) in [7, 11) is 1.57. The van der Waals surface area contributed by atoms with Crippen LogP contribution < -0.4 is 5.32 Å². The molecule has 0 saturated heterocycles. The number of carbonyl (C=O) groups is 2. The molecule has 0 atom stereocenters. The van der Waals surface area contributed by atoms with Gasteiger partial charge in [-0.05, 0) is 31.5 Å². The SMILES string of the molecule is CN(CCNC(=O)OC(C)(C)C)C(=O)OCC#CBr. The lowest BCUT2D eigenvalue weighted by Gasteiger charge is -2.20. The molecule has 0 aromatic carbocycles. The maximum absolute atomic E-state index is 11.4. The smallest absolute Gasteiger partial charge is 0.410 e. The maximum atomic E-state index is 11.4. The van der Waals surface area contributed by atoms with Crippen molar-refractivity contribution < 1.29 is 19.1 Å². The van der Waals surface area contributed by atoms with Gasteiger partial charge in [0.2, 0.25) is 0 Å². The van der Waals surface area contributed by atoms with E-state index in [1.54, 1.807) is 27.8 Å². The predicted octanol–water partition coefficient (Wildman–Crippen LogP) is 1.94. The van der Waals surface area contributed by atoms with E-state index in [0.717, 1.165) is 0 Å². The van der Waals surface area contributed by atoms with E-state index in [-0.39, 0.29) is 13.2 Å². The summed E-state index contributed by atoms with van der Waals surface area (Å²) < 4.78 is 9.87. The van der Waals surface area contributed by atoms with Gasteiger partial charge in [0, 0.05) is 36.1 Å². The second-order valence-corrected chi connectivity index (χ2v) is 5.07. The Hall–Kier alpha value is -1.42. The number of carbonyl (C=O) groups excluding carboxylic acids is 2. The molecule has 0 spiro atoms. The van der Waals surface area contributed by atoms with Crippen molar-refractivity contribution in [3.05, 3.63) is 0 Å². The Labute approximate surface area is 121 Å². The number of likely N-dealkylation sites (N-methyl/N-ethyl adjacent to an activating group) is 1. The zero-order chi connectivity index (χ0) is 14.9. The summed E-state index contributed by atoms with van der Waals surface area (Å²) >= 11 is 2.89. The van der Waals surface area contributed by atoms with E-state index in [1.807, 2.05) is 0 Å². The first-order valence-electron chi connectivity index (χ1n) is 5.69. The summed E-state index contributed by atoms with van der Waals surface area (Å²) in [5.74, 6) is 2.54. The van der Waals surface area contributed by atoms with Crippen molar-refractivity contribution in [2.45, 2.75) is 26.4 Å². The van der Waals surface area contributed by atoms with Crippen LogP contribution in [0.1, 0.15) is 20.8 Å². The fourth-order valence-electron chi connectivity index (χ4n) is 0.966. The van der Waals surface area contributed by atoms with Crippen LogP contribution in [-0.4, -0.2) is 49.4 Å². The van der Waals surface area contributed by atoms with Crippen molar-refractivity contribution in [2.75, 3.05) is 26.7 Å². The molecule has 0 saturated carbocycles. The number of alkyl carbamates (subject to hydrolysis) is 1. The molecule has 0 bridgehead atoms. The number of ether oxygens (including phenoxy) is 2. The van der Waals surface area contributed by atoms with Gasteiger partial charge in [0.05, 0.1) is 0 Å². The molecule has 0 aromatic heterocycles. The van der Waals surface area contributed by atoms with Crippen LogP contribution in [0, 0.1) is 10.8 Å². The first kappa shape index (κ1) is 17.6. The normalized spacial score (nSPS) is 9.95. The van der Waals surface area contributed by atoms with Crippen molar-refractivity contribution in [1.82, 2.24) is 10.2 Å². The minimum Gasteiger partial charge on any atom is -0.444 e. The van der Waals surface area contributed by atoms with Gasteiger partial charge in [0.25, 0.3) is 0 Å². The number of hydrogen-bond donors (Lipinski definition) is 1. The van der Waals surface area contributed by atoms with Crippen LogP contribution in [0.2, 0.25) is 0 Å². The Morgan fingerprint density at radius 1 is 1.37 bits per heavy atom. The lowest BCUT2D eigenvalue weighted by Crippen LogP contribution is -2.38. The Balaban J connectivity index is 3.83. The fourth-order valence-corrected chi connectivity index (χ4v) is 1.08. The molecule has 0 aliphatic rings. The Morgan fingerprint density at radius 2 is 2.00 bits per heavy atom. The van der Waals surface area contributed by atoms with Crippen LogP contribution in [0.3, 0.4) is 0 Å². The summed E-state index contributed by atoms with van der Waals surface area (Å²) in [6.45, 7) is 5.96. The largest absolute Gasteiger partial charge is 0.444 e. The van der Waals surface area contributed by atoms with E-state index >= 15 is 0 Å². The van der Waals surface area contributed by atoms with E-state index in [1.165, 1.54) is 4.90 Å². The Bertz CT molecular complexity index is 368. The van der Waals surface area contributed by atoms with Crippen molar-refractivity contribution in [1.29, 1.82) is 0 Å². The first-order chi connectivity index (χ1) is 8.76. The molecule has 0 aliphatic heterocycles. The van der Waals surface area contributed by atoms with Gasteiger partial charge in [-0.3, -0.25) is 0 Å². The minimum absolute atomic E-state index is 0.0217. The average Bonchev–Trinajstić information content (AvgIpc) is 2.26. The second-order valence-electron chi connectivity index (χ2n) is 4.68. The third kappa shape index (κ3) is 10.2. The lowest BCUT2D eigenvalue weighted by molar-refractivity contribution is 0.0520. The Kier molecular flexibility index (Phi) is 8.00. The molecule has 108 valence electrons. The summed E-state index contributed by atoms with van der Waals surface area (Å²) in [5, 5.41) is 2.55. The van der Waals surface area contributed by atoms with Crippen LogP contribution in [0.15, 0.2) is 0 Å². The maximum Gasteiger partial charge on any atom is 0.410 e. The van der Waals surface area contributed by atoms with Gasteiger partial charge in [-0.2, -0.15) is 0 Å². The quantitative estimate of drug-likeness (QED) is 0.798. The second kappa shape index (κ2) is 8.64. The van der Waals surface area contributed by atoms with Gasteiger partial charge in [-0.25, -0.2) is 9.59 Å². The molecular formula is C12H19BrN2O4. The van der Waals surface area contributed by atoms with E-state index in [4.69, 9.17) is 9.47 Å². The number of rotatable bonds is 4. The topological polar surface area (TPSA) is 67.9 Å². The van der Waals surface area contributed by atoms with E-state index in [2.05, 4.69) is 32.0 Å². The summed E-state index contributed by atoms with van der Waals surface area (Å²) in [5.41, 5.74) is -0.538. The molecule has 0 unspecified atom stereocenters. The highest BCUT2D eigenvalue weighted by atomic mass is 79.9. The third-order valence-corrected chi connectivity index (χ3v) is 2.04. The van der Waals surface area contributed by atoms with Gasteiger partial charge in [-0.1, -0.05) is 0 Å². The van der Waals surface area contributed by atoms with Gasteiger partial charge in [-0.15, -0.1) is 0 Å². The number of nitrogens with one attached hydrogen (secondary N) is 1. The molecular weight excluding hydrogens is 316 g/mol.